The monoisotopic (exact) mass is 627 g/mol. The van der Waals surface area contributed by atoms with Crippen LogP contribution in [-0.2, 0) is 28.6 Å². The number of hydrogen-bond acceptors (Lipinski definition) is 6. The van der Waals surface area contributed by atoms with Crippen molar-refractivity contribution in [3.05, 3.63) is 68.4 Å². The van der Waals surface area contributed by atoms with E-state index in [1.54, 1.807) is 30.5 Å². The summed E-state index contributed by atoms with van der Waals surface area (Å²) in [4.78, 5) is 35.3. The number of carbonyl (C=O) groups excluding carboxylic acids is 1. The molecule has 11 heteroatoms. The maximum Gasteiger partial charge on any atom is 0.266 e. The number of pyridine rings is 2. The first kappa shape index (κ1) is 32.9. The number of alkyl halides is 2. The van der Waals surface area contributed by atoms with E-state index in [0.29, 0.717) is 48.7 Å². The van der Waals surface area contributed by atoms with Gasteiger partial charge >= 0.3 is 0 Å². The molecule has 3 aromatic rings. The molecule has 0 aliphatic carbocycles. The maximum atomic E-state index is 15.2. The van der Waals surface area contributed by atoms with Crippen molar-refractivity contribution in [1.82, 2.24) is 19.4 Å². The molecular weight excluding hydrogens is 583 g/mol. The van der Waals surface area contributed by atoms with E-state index in [1.807, 2.05) is 13.0 Å². The van der Waals surface area contributed by atoms with Gasteiger partial charge in [-0.15, -0.1) is 0 Å². The molecule has 2 saturated heterocycles. The SMILES string of the molecule is COC1(c2cc3c(N[C@H](C)c4cccc(C(F)F)c4F)nc(C)c(CC[C@H]4CCCN4C)c3n(C)c2=O)CCN(C(C)=O)CC1. The van der Waals surface area contributed by atoms with E-state index in [9.17, 15) is 18.4 Å². The van der Waals surface area contributed by atoms with Crippen LogP contribution < -0.4 is 10.9 Å². The number of aryl methyl sites for hydroxylation is 3. The van der Waals surface area contributed by atoms with Crippen LogP contribution in [0.3, 0.4) is 0 Å². The van der Waals surface area contributed by atoms with Gasteiger partial charge < -0.3 is 24.4 Å². The van der Waals surface area contributed by atoms with Crippen molar-refractivity contribution >= 4 is 22.6 Å². The smallest absolute Gasteiger partial charge is 0.266 e. The molecule has 1 N–H and O–H groups in total. The minimum atomic E-state index is -2.94. The number of benzene rings is 1. The number of amides is 1. The topological polar surface area (TPSA) is 79.7 Å². The van der Waals surface area contributed by atoms with Crippen molar-refractivity contribution < 1.29 is 22.7 Å². The van der Waals surface area contributed by atoms with Crippen molar-refractivity contribution in [3.8, 4) is 0 Å². The molecule has 2 aliphatic rings. The van der Waals surface area contributed by atoms with Crippen molar-refractivity contribution in [2.24, 2.45) is 7.05 Å². The van der Waals surface area contributed by atoms with Crippen molar-refractivity contribution in [2.45, 2.75) is 83.4 Å². The highest BCUT2D eigenvalue weighted by Gasteiger charge is 2.40. The second kappa shape index (κ2) is 13.1. The zero-order valence-corrected chi connectivity index (χ0v) is 27.1. The Morgan fingerprint density at radius 2 is 1.87 bits per heavy atom. The molecule has 8 nitrogen and oxygen atoms in total. The fourth-order valence-corrected chi connectivity index (χ4v) is 7.26. The van der Waals surface area contributed by atoms with Crippen LogP contribution in [-0.4, -0.2) is 65.1 Å². The van der Waals surface area contributed by atoms with Gasteiger partial charge in [0.25, 0.3) is 12.0 Å². The third kappa shape index (κ3) is 6.21. The van der Waals surface area contributed by atoms with Crippen LogP contribution in [0, 0.1) is 12.7 Å². The summed E-state index contributed by atoms with van der Waals surface area (Å²) in [5, 5.41) is 3.97. The number of hydrogen-bond donors (Lipinski definition) is 1. The highest BCUT2D eigenvalue weighted by molar-refractivity contribution is 5.93. The molecule has 2 aliphatic heterocycles. The van der Waals surface area contributed by atoms with E-state index in [1.165, 1.54) is 19.1 Å². The standard InChI is InChI=1S/C34H44F3N5O3/c1-20(24-10-7-11-26(29(24)35)31(36)37)38-32-27-19-28(34(45-6)14-17-42(18-15-34)22(3)43)33(44)41(5)30(27)25(21(2)39-32)13-12-23-9-8-16-40(23)4/h7,10-11,19-20,23,31H,8-9,12-18H2,1-6H3,(H,38,39)/t20-,23-/m1/s1. The third-order valence-corrected chi connectivity index (χ3v) is 10.1. The van der Waals surface area contributed by atoms with Crippen LogP contribution >= 0.6 is 0 Å². The number of rotatable bonds is 9. The Morgan fingerprint density at radius 1 is 1.18 bits per heavy atom. The number of likely N-dealkylation sites (tertiary alicyclic amines) is 2. The Balaban J connectivity index is 1.64. The summed E-state index contributed by atoms with van der Waals surface area (Å²) in [5.74, 6) is -0.538. The van der Waals surface area contributed by atoms with E-state index < -0.39 is 29.4 Å². The number of nitrogens with zero attached hydrogens (tertiary/aromatic N) is 4. The third-order valence-electron chi connectivity index (χ3n) is 10.1. The molecule has 1 amide bonds. The average Bonchev–Trinajstić information content (AvgIpc) is 3.42. The summed E-state index contributed by atoms with van der Waals surface area (Å²) in [7, 11) is 5.48. The Bertz CT molecular complexity index is 1630. The molecule has 45 heavy (non-hydrogen) atoms. The second-order valence-corrected chi connectivity index (χ2v) is 12.6. The molecule has 0 bridgehead atoms. The molecule has 5 rings (SSSR count). The Hall–Kier alpha value is -3.44. The number of piperidine rings is 1. The van der Waals surface area contributed by atoms with Crippen molar-refractivity contribution in [1.29, 1.82) is 0 Å². The maximum absolute atomic E-state index is 15.2. The average molecular weight is 628 g/mol. The molecule has 244 valence electrons. The second-order valence-electron chi connectivity index (χ2n) is 12.6. The molecule has 1 aromatic carbocycles. The summed E-state index contributed by atoms with van der Waals surface area (Å²) in [6.07, 6.45) is 1.89. The van der Waals surface area contributed by atoms with Crippen LogP contribution in [0.4, 0.5) is 19.0 Å². The number of nitrogens with one attached hydrogen (secondary N) is 1. The predicted molar refractivity (Wildman–Crippen MR) is 169 cm³/mol. The van der Waals surface area contributed by atoms with Gasteiger partial charge in [0.2, 0.25) is 5.91 Å². The summed E-state index contributed by atoms with van der Waals surface area (Å²) >= 11 is 0. The number of halogens is 3. The number of carbonyl (C=O) groups is 1. The molecule has 2 fully saturated rings. The number of ether oxygens (including phenoxy) is 1. The quantitative estimate of drug-likeness (QED) is 0.314. The van der Waals surface area contributed by atoms with Gasteiger partial charge in [-0.25, -0.2) is 18.2 Å². The molecule has 0 saturated carbocycles. The first-order chi connectivity index (χ1) is 21.4. The van der Waals surface area contributed by atoms with Gasteiger partial charge in [-0.2, -0.15) is 0 Å². The van der Waals surface area contributed by atoms with Gasteiger partial charge in [0, 0.05) is 56.9 Å². The molecule has 2 atom stereocenters. The molecule has 4 heterocycles. The summed E-state index contributed by atoms with van der Waals surface area (Å²) in [5.41, 5.74) is 1.29. The molecule has 0 radical (unpaired) electrons. The summed E-state index contributed by atoms with van der Waals surface area (Å²) in [6.45, 7) is 7.13. The van der Waals surface area contributed by atoms with Crippen LogP contribution in [0.5, 0.6) is 0 Å². The lowest BCUT2D eigenvalue weighted by atomic mass is 9.83. The fourth-order valence-electron chi connectivity index (χ4n) is 7.26. The van der Waals surface area contributed by atoms with E-state index in [0.717, 1.165) is 55.1 Å². The van der Waals surface area contributed by atoms with Crippen LogP contribution in [0.2, 0.25) is 0 Å². The van der Waals surface area contributed by atoms with Crippen LogP contribution in [0.25, 0.3) is 10.9 Å². The Labute approximate surface area is 262 Å². The zero-order valence-electron chi connectivity index (χ0n) is 27.1. The summed E-state index contributed by atoms with van der Waals surface area (Å²) < 4.78 is 50.0. The van der Waals surface area contributed by atoms with E-state index in [2.05, 4.69) is 17.3 Å². The lowest BCUT2D eigenvalue weighted by Gasteiger charge is -2.40. The first-order valence-corrected chi connectivity index (χ1v) is 15.8. The predicted octanol–water partition coefficient (Wildman–Crippen LogP) is 6.00. The minimum Gasteiger partial charge on any atom is -0.373 e. The van der Waals surface area contributed by atoms with Gasteiger partial charge in [-0.1, -0.05) is 18.2 Å². The van der Waals surface area contributed by atoms with Gasteiger partial charge in [0.05, 0.1) is 22.7 Å². The van der Waals surface area contributed by atoms with Gasteiger partial charge in [-0.05, 0) is 77.6 Å². The summed E-state index contributed by atoms with van der Waals surface area (Å²) in [6, 6.07) is 5.59. The van der Waals surface area contributed by atoms with E-state index >= 15 is 4.39 Å². The van der Waals surface area contributed by atoms with Gasteiger partial charge in [0.15, 0.2) is 0 Å². The number of methoxy groups -OCH3 is 1. The largest absolute Gasteiger partial charge is 0.373 e. The van der Waals surface area contributed by atoms with Crippen LogP contribution in [0.1, 0.15) is 86.4 Å². The fraction of sp³-hybridized carbons (Fsp3) is 0.559. The van der Waals surface area contributed by atoms with Crippen molar-refractivity contribution in [2.75, 3.05) is 39.1 Å². The van der Waals surface area contributed by atoms with E-state index in [4.69, 9.17) is 9.72 Å². The number of fused-ring (bicyclic) bond motifs is 1. The number of aromatic nitrogens is 2. The zero-order chi connectivity index (χ0) is 32.6. The van der Waals surface area contributed by atoms with Gasteiger partial charge in [0.1, 0.15) is 17.2 Å². The van der Waals surface area contributed by atoms with Gasteiger partial charge in [-0.3, -0.25) is 9.59 Å². The Morgan fingerprint density at radius 3 is 2.47 bits per heavy atom. The first-order valence-electron chi connectivity index (χ1n) is 15.8. The van der Waals surface area contributed by atoms with Crippen LogP contribution in [0.15, 0.2) is 29.1 Å². The highest BCUT2D eigenvalue weighted by atomic mass is 19.3. The molecular formula is C34H44F3N5O3. The molecule has 2 aromatic heterocycles. The lowest BCUT2D eigenvalue weighted by molar-refractivity contribution is -0.135. The van der Waals surface area contributed by atoms with E-state index in [-0.39, 0.29) is 17.0 Å². The lowest BCUT2D eigenvalue weighted by Crippen LogP contribution is -2.48. The molecule has 0 unspecified atom stereocenters. The Kier molecular flexibility index (Phi) is 9.60. The van der Waals surface area contributed by atoms with Crippen molar-refractivity contribution in [3.63, 3.8) is 0 Å². The normalized spacial score (nSPS) is 19.4. The minimum absolute atomic E-state index is 0.0213. The molecule has 0 spiro atoms. The highest BCUT2D eigenvalue weighted by Crippen LogP contribution is 2.39. The number of anilines is 1.